The van der Waals surface area contributed by atoms with Gasteiger partial charge >= 0.3 is 6.18 Å². The van der Waals surface area contributed by atoms with Gasteiger partial charge in [-0.25, -0.2) is 4.98 Å². The number of halogens is 3. The van der Waals surface area contributed by atoms with Gasteiger partial charge in [0.1, 0.15) is 29.8 Å². The number of carbonyl (C=O) groups excluding carboxylic acids is 4. The molecule has 0 radical (unpaired) electrons. The number of nitrogens with one attached hydrogen (secondary N) is 2. The summed E-state index contributed by atoms with van der Waals surface area (Å²) in [5, 5.41) is 10.9. The third kappa shape index (κ3) is 7.07. The van der Waals surface area contributed by atoms with E-state index in [9.17, 15) is 32.3 Å². The number of piperidine rings is 1. The number of nitrogens with zero attached hydrogens (tertiary/aromatic N) is 4. The van der Waals surface area contributed by atoms with Crippen LogP contribution >= 0.6 is 0 Å². The number of anilines is 1. The molecule has 262 valence electrons. The molecule has 1 saturated heterocycles. The Morgan fingerprint density at radius 3 is 2.51 bits per heavy atom. The number of aromatic nitrogens is 3. The van der Waals surface area contributed by atoms with Gasteiger partial charge in [-0.1, -0.05) is 38.8 Å². The van der Waals surface area contributed by atoms with Crippen LogP contribution in [0.1, 0.15) is 98.6 Å². The van der Waals surface area contributed by atoms with Crippen LogP contribution in [0.25, 0.3) is 10.9 Å². The molecular weight excluding hydrogens is 637 g/mol. The lowest BCUT2D eigenvalue weighted by atomic mass is 9.95. The van der Waals surface area contributed by atoms with Crippen LogP contribution in [0, 0.1) is 18.3 Å². The Kier molecular flexibility index (Phi) is 9.31. The van der Waals surface area contributed by atoms with Gasteiger partial charge in [0.2, 0.25) is 17.7 Å². The molecule has 6 rings (SSSR count). The Balaban J connectivity index is 1.38. The molecular formula is C36H43F3N6O4. The number of ketones is 1. The number of alkyl halides is 3. The number of benzene rings is 1. The SMILES string of the molecule is CC(=O)c1nn2c3c(cc(CC(C)C)cc13)CCCCCCC(=O)NC[C@@]13C[C@@H](C(=O)Nc4nc(C(F)(F)F)ccc4C)N(C(=O)C2)[C@@H]1C3. The molecule has 1 aromatic carbocycles. The van der Waals surface area contributed by atoms with Gasteiger partial charge in [-0.05, 0) is 80.2 Å². The summed E-state index contributed by atoms with van der Waals surface area (Å²) in [5.41, 5.74) is 1.76. The van der Waals surface area contributed by atoms with Crippen molar-refractivity contribution >= 4 is 40.2 Å². The second-order valence-corrected chi connectivity index (χ2v) is 14.5. The van der Waals surface area contributed by atoms with E-state index < -0.39 is 35.1 Å². The van der Waals surface area contributed by atoms with E-state index in [-0.39, 0.29) is 48.8 Å². The van der Waals surface area contributed by atoms with E-state index in [2.05, 4.69) is 40.6 Å². The van der Waals surface area contributed by atoms with E-state index >= 15 is 0 Å². The molecule has 3 atom stereocenters. The summed E-state index contributed by atoms with van der Waals surface area (Å²) >= 11 is 0. The van der Waals surface area contributed by atoms with E-state index in [1.54, 1.807) is 11.6 Å². The van der Waals surface area contributed by atoms with Crippen molar-refractivity contribution in [1.82, 2.24) is 25.0 Å². The monoisotopic (exact) mass is 680 g/mol. The molecule has 2 aliphatic heterocycles. The quantitative estimate of drug-likeness (QED) is 0.329. The number of rotatable bonds is 5. The maximum absolute atomic E-state index is 14.3. The predicted octanol–water partition coefficient (Wildman–Crippen LogP) is 5.78. The molecule has 2 fully saturated rings. The van der Waals surface area contributed by atoms with Crippen molar-refractivity contribution in [3.63, 3.8) is 0 Å². The fourth-order valence-corrected chi connectivity index (χ4v) is 7.63. The molecule has 4 heterocycles. The molecule has 3 amide bonds. The Morgan fingerprint density at radius 1 is 1.08 bits per heavy atom. The summed E-state index contributed by atoms with van der Waals surface area (Å²) in [6.45, 7) is 7.32. The van der Waals surface area contributed by atoms with Crippen LogP contribution in [0.3, 0.4) is 0 Å². The van der Waals surface area contributed by atoms with Gasteiger partial charge < -0.3 is 15.5 Å². The van der Waals surface area contributed by atoms with Crippen LogP contribution in [-0.4, -0.2) is 61.8 Å². The molecule has 3 aliphatic rings. The lowest BCUT2D eigenvalue weighted by Gasteiger charge is -2.27. The summed E-state index contributed by atoms with van der Waals surface area (Å²) < 4.78 is 41.9. The van der Waals surface area contributed by atoms with Crippen molar-refractivity contribution in [3.05, 3.63) is 52.3 Å². The maximum atomic E-state index is 14.3. The maximum Gasteiger partial charge on any atom is 0.433 e. The van der Waals surface area contributed by atoms with Gasteiger partial charge in [-0.15, -0.1) is 0 Å². The highest BCUT2D eigenvalue weighted by Gasteiger charge is 2.67. The molecule has 2 N–H and O–H groups in total. The summed E-state index contributed by atoms with van der Waals surface area (Å²) in [7, 11) is 0. The first-order chi connectivity index (χ1) is 23.2. The zero-order valence-electron chi connectivity index (χ0n) is 28.4. The standard InChI is InChI=1S/C36H43F3N6O4/c1-20(2)13-23-14-24-9-7-5-6-8-10-29(47)40-19-35-16-26(34(49)42-33-21(3)11-12-27(41-33)36(37,38)39)45(28(35)17-35)30(48)18-44-32(24)25(15-23)31(43-44)22(4)46/h11-12,14-15,20,26,28H,5-10,13,16-19H2,1-4H3,(H,40,47)(H,41,42,49)/t26-,28+,35-/m0/s1. The van der Waals surface area contributed by atoms with Gasteiger partial charge in [-0.2, -0.15) is 18.3 Å². The van der Waals surface area contributed by atoms with Crippen LogP contribution in [0.4, 0.5) is 19.0 Å². The van der Waals surface area contributed by atoms with Gasteiger partial charge in [0.25, 0.3) is 0 Å². The van der Waals surface area contributed by atoms with Crippen molar-refractivity contribution in [3.8, 4) is 0 Å². The lowest BCUT2D eigenvalue weighted by Crippen LogP contribution is -2.47. The third-order valence-electron chi connectivity index (χ3n) is 10.1. The minimum absolute atomic E-state index is 0.0843. The van der Waals surface area contributed by atoms with Crippen LogP contribution in [0.15, 0.2) is 24.3 Å². The van der Waals surface area contributed by atoms with Gasteiger partial charge in [0.15, 0.2) is 5.78 Å². The van der Waals surface area contributed by atoms with Crippen molar-refractivity contribution in [2.24, 2.45) is 11.3 Å². The Hall–Kier alpha value is -4.29. The molecule has 13 heteroatoms. The van der Waals surface area contributed by atoms with Gasteiger partial charge in [0, 0.05) is 36.7 Å². The number of amides is 3. The average molecular weight is 681 g/mol. The molecule has 1 saturated carbocycles. The molecule has 2 aromatic heterocycles. The zero-order valence-corrected chi connectivity index (χ0v) is 28.4. The molecule has 0 spiro atoms. The van der Waals surface area contributed by atoms with Crippen LogP contribution in [0.5, 0.6) is 0 Å². The normalized spacial score (nSPS) is 23.3. The first-order valence-electron chi connectivity index (χ1n) is 17.1. The zero-order chi connectivity index (χ0) is 35.2. The predicted molar refractivity (Wildman–Crippen MR) is 177 cm³/mol. The van der Waals surface area contributed by atoms with Crippen LogP contribution in [-0.2, 0) is 39.9 Å². The number of aryl methyl sites for hydroxylation is 2. The van der Waals surface area contributed by atoms with E-state index in [0.717, 1.165) is 54.8 Å². The second kappa shape index (κ2) is 13.2. The highest BCUT2D eigenvalue weighted by Crippen LogP contribution is 2.59. The van der Waals surface area contributed by atoms with Crippen LogP contribution < -0.4 is 10.6 Å². The minimum Gasteiger partial charge on any atom is -0.355 e. The summed E-state index contributed by atoms with van der Waals surface area (Å²) in [6.07, 6.45) is 1.39. The fraction of sp³-hybridized carbons (Fsp3) is 0.556. The van der Waals surface area contributed by atoms with Crippen molar-refractivity contribution in [2.45, 2.75) is 110 Å². The van der Waals surface area contributed by atoms with E-state index in [0.29, 0.717) is 36.1 Å². The molecule has 3 aromatic rings. The Labute approximate surface area is 283 Å². The van der Waals surface area contributed by atoms with Crippen molar-refractivity contribution < 1.29 is 32.3 Å². The second-order valence-electron chi connectivity index (χ2n) is 14.5. The summed E-state index contributed by atoms with van der Waals surface area (Å²) in [5.74, 6) is -1.19. The van der Waals surface area contributed by atoms with Gasteiger partial charge in [-0.3, -0.25) is 23.9 Å². The van der Waals surface area contributed by atoms with E-state index in [4.69, 9.17) is 0 Å². The molecule has 10 nitrogen and oxygen atoms in total. The number of carbonyl (C=O) groups is 4. The number of hydrogen-bond acceptors (Lipinski definition) is 6. The number of pyridine rings is 1. The molecule has 49 heavy (non-hydrogen) atoms. The first-order valence-corrected chi connectivity index (χ1v) is 17.1. The third-order valence-corrected chi connectivity index (χ3v) is 10.1. The number of Topliss-reactive ketones (excluding diaryl/α,β-unsaturated/α-hetero) is 1. The molecule has 2 bridgehead atoms. The van der Waals surface area contributed by atoms with Crippen molar-refractivity contribution in [2.75, 3.05) is 11.9 Å². The Bertz CT molecular complexity index is 1820. The van der Waals surface area contributed by atoms with E-state index in [1.165, 1.54) is 17.9 Å². The number of hydrogen-bond donors (Lipinski definition) is 2. The van der Waals surface area contributed by atoms with E-state index in [1.807, 2.05) is 6.07 Å². The largest absolute Gasteiger partial charge is 0.433 e. The smallest absolute Gasteiger partial charge is 0.355 e. The average Bonchev–Trinajstić information content (AvgIpc) is 3.43. The minimum atomic E-state index is -4.70. The fourth-order valence-electron chi connectivity index (χ4n) is 7.63. The Morgan fingerprint density at radius 2 is 1.82 bits per heavy atom. The first kappa shape index (κ1) is 34.6. The van der Waals surface area contributed by atoms with Gasteiger partial charge in [0.05, 0.1) is 5.52 Å². The van der Waals surface area contributed by atoms with Crippen molar-refractivity contribution in [1.29, 1.82) is 0 Å². The summed E-state index contributed by atoms with van der Waals surface area (Å²) in [4.78, 5) is 59.0. The lowest BCUT2D eigenvalue weighted by molar-refractivity contribution is -0.141. The molecule has 1 aliphatic carbocycles. The van der Waals surface area contributed by atoms with Crippen LogP contribution in [0.2, 0.25) is 0 Å². The highest BCUT2D eigenvalue weighted by molar-refractivity contribution is 6.06. The summed E-state index contributed by atoms with van der Waals surface area (Å²) in [6, 6.07) is 4.86. The molecule has 0 unspecified atom stereocenters. The topological polar surface area (TPSA) is 126 Å². The highest BCUT2D eigenvalue weighted by atomic mass is 19.4.